The molecule has 1 heterocycles. The Balaban J connectivity index is 2.48. The van der Waals surface area contributed by atoms with Crippen LogP contribution in [0.5, 0.6) is 0 Å². The molecule has 0 aromatic rings. The van der Waals surface area contributed by atoms with E-state index in [0.29, 0.717) is 6.61 Å². The lowest BCUT2D eigenvalue weighted by molar-refractivity contribution is -0.301. The first-order valence-electron chi connectivity index (χ1n) is 6.74. The lowest BCUT2D eigenvalue weighted by Gasteiger charge is -2.39. The van der Waals surface area contributed by atoms with E-state index in [2.05, 4.69) is 20.8 Å². The standard InChI is InChI=1S/C13H26O6/c1-4-13(2,3)5-6-18-12-11(17)10(16)9(15)8(7-14)19-12/h8-12,14-17H,4-7H2,1-3H3/t8-,9-,10+,11+,12-/m1/s1. The van der Waals surface area contributed by atoms with Crippen LogP contribution in [0.4, 0.5) is 0 Å². The second kappa shape index (κ2) is 6.97. The Kier molecular flexibility index (Phi) is 6.16. The van der Waals surface area contributed by atoms with E-state index in [1.807, 2.05) is 0 Å². The highest BCUT2D eigenvalue weighted by Crippen LogP contribution is 2.26. The van der Waals surface area contributed by atoms with Gasteiger partial charge in [-0.25, -0.2) is 0 Å². The van der Waals surface area contributed by atoms with Crippen LogP contribution >= 0.6 is 0 Å². The van der Waals surface area contributed by atoms with Crippen molar-refractivity contribution in [1.82, 2.24) is 0 Å². The summed E-state index contributed by atoms with van der Waals surface area (Å²) in [5, 5.41) is 38.0. The fourth-order valence-electron chi connectivity index (χ4n) is 1.83. The number of hydrogen-bond donors (Lipinski definition) is 4. The SMILES string of the molecule is CCC(C)(C)CCO[C@@H]1O[C@H](CO)[C@@H](O)[C@H](O)[C@@H]1O. The van der Waals surface area contributed by atoms with Crippen LogP contribution in [-0.2, 0) is 9.47 Å². The zero-order valence-electron chi connectivity index (χ0n) is 11.8. The third kappa shape index (κ3) is 4.37. The van der Waals surface area contributed by atoms with E-state index in [4.69, 9.17) is 14.6 Å². The van der Waals surface area contributed by atoms with Gasteiger partial charge >= 0.3 is 0 Å². The first-order valence-corrected chi connectivity index (χ1v) is 6.74. The minimum absolute atomic E-state index is 0.133. The largest absolute Gasteiger partial charge is 0.394 e. The molecule has 4 N–H and O–H groups in total. The van der Waals surface area contributed by atoms with Gasteiger partial charge in [-0.15, -0.1) is 0 Å². The van der Waals surface area contributed by atoms with Crippen LogP contribution in [0.15, 0.2) is 0 Å². The molecule has 19 heavy (non-hydrogen) atoms. The van der Waals surface area contributed by atoms with E-state index in [1.165, 1.54) is 0 Å². The van der Waals surface area contributed by atoms with Crippen molar-refractivity contribution >= 4 is 0 Å². The van der Waals surface area contributed by atoms with Crippen LogP contribution < -0.4 is 0 Å². The lowest BCUT2D eigenvalue weighted by Crippen LogP contribution is -2.59. The maximum Gasteiger partial charge on any atom is 0.186 e. The molecule has 5 atom stereocenters. The van der Waals surface area contributed by atoms with Crippen molar-refractivity contribution in [3.8, 4) is 0 Å². The normalized spacial score (nSPS) is 36.5. The van der Waals surface area contributed by atoms with Crippen LogP contribution in [0, 0.1) is 5.41 Å². The third-order valence-corrected chi connectivity index (χ3v) is 3.87. The molecule has 1 rings (SSSR count). The number of aliphatic hydroxyl groups excluding tert-OH is 4. The molecule has 0 aromatic heterocycles. The van der Waals surface area contributed by atoms with Crippen LogP contribution in [0.2, 0.25) is 0 Å². The summed E-state index contributed by atoms with van der Waals surface area (Å²) in [7, 11) is 0. The van der Waals surface area contributed by atoms with Crippen LogP contribution in [-0.4, -0.2) is 64.3 Å². The van der Waals surface area contributed by atoms with Gasteiger partial charge in [-0.3, -0.25) is 0 Å². The molecule has 0 bridgehead atoms. The molecule has 1 fully saturated rings. The molecule has 0 aliphatic carbocycles. The summed E-state index contributed by atoms with van der Waals surface area (Å²) >= 11 is 0. The molecule has 1 aliphatic rings. The molecular weight excluding hydrogens is 252 g/mol. The Morgan fingerprint density at radius 1 is 1.11 bits per heavy atom. The van der Waals surface area contributed by atoms with E-state index >= 15 is 0 Å². The van der Waals surface area contributed by atoms with E-state index in [9.17, 15) is 15.3 Å². The van der Waals surface area contributed by atoms with Crippen LogP contribution in [0.3, 0.4) is 0 Å². The Hall–Kier alpha value is -0.240. The van der Waals surface area contributed by atoms with E-state index < -0.39 is 37.3 Å². The minimum atomic E-state index is -1.38. The summed E-state index contributed by atoms with van der Waals surface area (Å²) in [5.74, 6) is 0. The van der Waals surface area contributed by atoms with Gasteiger partial charge in [0.1, 0.15) is 24.4 Å². The van der Waals surface area contributed by atoms with Gasteiger partial charge in [-0.1, -0.05) is 27.2 Å². The van der Waals surface area contributed by atoms with Crippen molar-refractivity contribution in [3.05, 3.63) is 0 Å². The van der Waals surface area contributed by atoms with Crippen molar-refractivity contribution in [3.63, 3.8) is 0 Å². The Bertz CT molecular complexity index is 268. The van der Waals surface area contributed by atoms with Crippen LogP contribution in [0.25, 0.3) is 0 Å². The summed E-state index contributed by atoms with van der Waals surface area (Å²) in [6.45, 7) is 6.26. The Morgan fingerprint density at radius 2 is 1.74 bits per heavy atom. The van der Waals surface area contributed by atoms with Gasteiger partial charge in [0.15, 0.2) is 6.29 Å². The fraction of sp³-hybridized carbons (Fsp3) is 1.00. The monoisotopic (exact) mass is 278 g/mol. The maximum atomic E-state index is 9.77. The predicted molar refractivity (Wildman–Crippen MR) is 68.4 cm³/mol. The average Bonchev–Trinajstić information content (AvgIpc) is 2.38. The first kappa shape index (κ1) is 16.8. The molecule has 0 saturated carbocycles. The highest BCUT2D eigenvalue weighted by atomic mass is 16.7. The van der Waals surface area contributed by atoms with Gasteiger partial charge in [0.2, 0.25) is 0 Å². The van der Waals surface area contributed by atoms with Crippen molar-refractivity contribution < 1.29 is 29.9 Å². The first-order chi connectivity index (χ1) is 8.82. The Labute approximate surface area is 114 Å². The molecule has 0 amide bonds. The third-order valence-electron chi connectivity index (χ3n) is 3.87. The second-order valence-electron chi connectivity index (χ2n) is 5.84. The Morgan fingerprint density at radius 3 is 2.26 bits per heavy atom. The maximum absolute atomic E-state index is 9.77. The van der Waals surface area contributed by atoms with Gasteiger partial charge in [-0.05, 0) is 11.8 Å². The lowest BCUT2D eigenvalue weighted by atomic mass is 9.87. The molecule has 0 aromatic carbocycles. The highest BCUT2D eigenvalue weighted by molar-refractivity contribution is 4.88. The zero-order chi connectivity index (χ0) is 14.6. The van der Waals surface area contributed by atoms with Crippen LogP contribution in [0.1, 0.15) is 33.6 Å². The smallest absolute Gasteiger partial charge is 0.186 e. The molecule has 1 saturated heterocycles. The predicted octanol–water partition coefficient (Wildman–Crippen LogP) is -0.371. The molecule has 6 nitrogen and oxygen atoms in total. The van der Waals surface area contributed by atoms with Gasteiger partial charge < -0.3 is 29.9 Å². The molecule has 1 aliphatic heterocycles. The summed E-state index contributed by atoms with van der Waals surface area (Å²) in [4.78, 5) is 0. The topological polar surface area (TPSA) is 99.4 Å². The molecule has 0 spiro atoms. The molecular formula is C13H26O6. The van der Waals surface area contributed by atoms with Gasteiger partial charge in [0.25, 0.3) is 0 Å². The number of ether oxygens (including phenoxy) is 2. The van der Waals surface area contributed by atoms with E-state index in [1.54, 1.807) is 0 Å². The molecule has 114 valence electrons. The van der Waals surface area contributed by atoms with Gasteiger partial charge in [0, 0.05) is 0 Å². The quantitative estimate of drug-likeness (QED) is 0.529. The molecule has 0 radical (unpaired) electrons. The van der Waals surface area contributed by atoms with Crippen molar-refractivity contribution in [2.75, 3.05) is 13.2 Å². The summed E-state index contributed by atoms with van der Waals surface area (Å²) in [6, 6.07) is 0. The fourth-order valence-corrected chi connectivity index (χ4v) is 1.83. The van der Waals surface area contributed by atoms with Gasteiger partial charge in [-0.2, -0.15) is 0 Å². The molecule has 6 heteroatoms. The van der Waals surface area contributed by atoms with E-state index in [0.717, 1.165) is 12.8 Å². The number of hydrogen-bond acceptors (Lipinski definition) is 6. The summed E-state index contributed by atoms with van der Waals surface area (Å²) in [5.41, 5.74) is 0.133. The van der Waals surface area contributed by atoms with Crippen molar-refractivity contribution in [2.24, 2.45) is 5.41 Å². The summed E-state index contributed by atoms with van der Waals surface area (Å²) < 4.78 is 10.7. The van der Waals surface area contributed by atoms with Crippen molar-refractivity contribution in [1.29, 1.82) is 0 Å². The van der Waals surface area contributed by atoms with Crippen molar-refractivity contribution in [2.45, 2.75) is 64.3 Å². The minimum Gasteiger partial charge on any atom is -0.394 e. The second-order valence-corrected chi connectivity index (χ2v) is 5.84. The highest BCUT2D eigenvalue weighted by Gasteiger charge is 2.44. The number of aliphatic hydroxyl groups is 4. The molecule has 0 unspecified atom stereocenters. The van der Waals surface area contributed by atoms with Gasteiger partial charge in [0.05, 0.1) is 13.2 Å². The number of rotatable bonds is 6. The van der Waals surface area contributed by atoms with E-state index in [-0.39, 0.29) is 5.41 Å². The zero-order valence-corrected chi connectivity index (χ0v) is 11.8. The summed E-state index contributed by atoms with van der Waals surface area (Å²) in [6.07, 6.45) is -4.18. The average molecular weight is 278 g/mol.